The summed E-state index contributed by atoms with van der Waals surface area (Å²) >= 11 is 0. The van der Waals surface area contributed by atoms with E-state index in [2.05, 4.69) is 10.1 Å². The number of amides is 1. The predicted molar refractivity (Wildman–Crippen MR) is 85.7 cm³/mol. The van der Waals surface area contributed by atoms with Gasteiger partial charge in [0.15, 0.2) is 0 Å². The maximum absolute atomic E-state index is 12.5. The van der Waals surface area contributed by atoms with E-state index in [0.29, 0.717) is 0 Å². The zero-order valence-corrected chi connectivity index (χ0v) is 13.5. The van der Waals surface area contributed by atoms with Crippen molar-refractivity contribution in [3.05, 3.63) is 29.8 Å². The molecule has 0 aromatic heterocycles. The van der Waals surface area contributed by atoms with Crippen molar-refractivity contribution in [2.45, 2.75) is 45.2 Å². The predicted octanol–water partition coefficient (Wildman–Crippen LogP) is 2.21. The average Bonchev–Trinajstić information content (AvgIpc) is 2.49. The minimum Gasteiger partial charge on any atom is -0.469 e. The fourth-order valence-electron chi connectivity index (χ4n) is 2.76. The molecule has 5 nitrogen and oxygen atoms in total. The van der Waals surface area contributed by atoms with Crippen LogP contribution in [0.15, 0.2) is 24.3 Å². The van der Waals surface area contributed by atoms with E-state index in [1.165, 1.54) is 7.11 Å². The first-order valence-corrected chi connectivity index (χ1v) is 7.74. The van der Waals surface area contributed by atoms with Crippen LogP contribution in [0.25, 0.3) is 0 Å². The highest BCUT2D eigenvalue weighted by atomic mass is 16.5. The van der Waals surface area contributed by atoms with Crippen molar-refractivity contribution < 1.29 is 14.3 Å². The number of hydrogen-bond acceptors (Lipinski definition) is 4. The van der Waals surface area contributed by atoms with Crippen molar-refractivity contribution in [1.82, 2.24) is 4.90 Å². The molecule has 22 heavy (non-hydrogen) atoms. The maximum atomic E-state index is 12.5. The zero-order chi connectivity index (χ0) is 16.1. The number of methoxy groups -OCH3 is 1. The molecule has 1 atom stereocenters. The summed E-state index contributed by atoms with van der Waals surface area (Å²) in [4.78, 5) is 25.7. The van der Waals surface area contributed by atoms with Crippen LogP contribution < -0.4 is 5.32 Å². The van der Waals surface area contributed by atoms with E-state index >= 15 is 0 Å². The molecule has 0 unspecified atom stereocenters. The van der Waals surface area contributed by atoms with Crippen LogP contribution in [0.1, 0.15) is 32.3 Å². The van der Waals surface area contributed by atoms with Crippen LogP contribution >= 0.6 is 0 Å². The fourth-order valence-corrected chi connectivity index (χ4v) is 2.76. The molecule has 1 heterocycles. The summed E-state index contributed by atoms with van der Waals surface area (Å²) in [6.45, 7) is 4.91. The van der Waals surface area contributed by atoms with Gasteiger partial charge in [0.2, 0.25) is 5.91 Å². The third-order valence-corrected chi connectivity index (χ3v) is 3.94. The van der Waals surface area contributed by atoms with Crippen LogP contribution in [-0.2, 0) is 20.7 Å². The summed E-state index contributed by atoms with van der Waals surface area (Å²) in [5, 5.41) is 3.30. The molecule has 0 radical (unpaired) electrons. The van der Waals surface area contributed by atoms with Gasteiger partial charge in [-0.2, -0.15) is 0 Å². The van der Waals surface area contributed by atoms with Crippen LogP contribution in [0.4, 0.5) is 5.69 Å². The molecule has 0 aliphatic carbocycles. The molecular weight excluding hydrogens is 280 g/mol. The second-order valence-electron chi connectivity index (χ2n) is 5.92. The summed E-state index contributed by atoms with van der Waals surface area (Å²) in [5.41, 5.74) is 1.74. The summed E-state index contributed by atoms with van der Waals surface area (Å²) in [6, 6.07) is 7.62. The number of carbonyl (C=O) groups is 2. The third-order valence-electron chi connectivity index (χ3n) is 3.94. The smallest absolute Gasteiger partial charge is 0.309 e. The lowest BCUT2D eigenvalue weighted by Crippen LogP contribution is -2.50. The Morgan fingerprint density at radius 2 is 2.23 bits per heavy atom. The molecule has 120 valence electrons. The monoisotopic (exact) mass is 304 g/mol. The lowest BCUT2D eigenvalue weighted by atomic mass is 10.0. The van der Waals surface area contributed by atoms with Gasteiger partial charge < -0.3 is 15.0 Å². The van der Waals surface area contributed by atoms with Gasteiger partial charge in [-0.05, 0) is 44.4 Å². The summed E-state index contributed by atoms with van der Waals surface area (Å²) in [5.74, 6) is -0.114. The number of piperidine rings is 1. The largest absolute Gasteiger partial charge is 0.469 e. The molecule has 1 aliphatic rings. The third kappa shape index (κ3) is 4.00. The Balaban J connectivity index is 2.05. The fraction of sp³-hybridized carbons (Fsp3) is 0.529. The Bertz CT molecular complexity index is 542. The second kappa shape index (κ2) is 7.29. The van der Waals surface area contributed by atoms with Crippen LogP contribution in [0.3, 0.4) is 0 Å². The average molecular weight is 304 g/mol. The molecule has 0 spiro atoms. The topological polar surface area (TPSA) is 58.6 Å². The Kier molecular flexibility index (Phi) is 5.41. The standard InChI is InChI=1S/C17H24N2O3/c1-12(2)19-9-5-8-15(17(19)21)18-14-7-4-6-13(10-14)11-16(20)22-3/h4,6-7,10,12,15,18H,5,8-9,11H2,1-3H3/t15-/m0/s1. The lowest BCUT2D eigenvalue weighted by molar-refractivity contribution is -0.140. The summed E-state index contributed by atoms with van der Waals surface area (Å²) in [7, 11) is 1.38. The van der Waals surface area contributed by atoms with E-state index in [4.69, 9.17) is 0 Å². The van der Waals surface area contributed by atoms with Crippen molar-refractivity contribution in [2.24, 2.45) is 0 Å². The van der Waals surface area contributed by atoms with Gasteiger partial charge in [-0.15, -0.1) is 0 Å². The minimum absolute atomic E-state index is 0.152. The lowest BCUT2D eigenvalue weighted by Gasteiger charge is -2.35. The van der Waals surface area contributed by atoms with Crippen LogP contribution in [0, 0.1) is 0 Å². The van der Waals surface area contributed by atoms with Gasteiger partial charge >= 0.3 is 5.97 Å². The number of carbonyl (C=O) groups excluding carboxylic acids is 2. The second-order valence-corrected chi connectivity index (χ2v) is 5.92. The van der Waals surface area contributed by atoms with E-state index in [0.717, 1.165) is 30.6 Å². The number of hydrogen-bond donors (Lipinski definition) is 1. The number of esters is 1. The Morgan fingerprint density at radius 3 is 2.91 bits per heavy atom. The van der Waals surface area contributed by atoms with Gasteiger partial charge in [0.05, 0.1) is 13.5 Å². The molecule has 1 N–H and O–H groups in total. The van der Waals surface area contributed by atoms with Crippen molar-refractivity contribution in [3.63, 3.8) is 0 Å². The highest BCUT2D eigenvalue weighted by Gasteiger charge is 2.29. The molecule has 1 aromatic rings. The number of nitrogens with zero attached hydrogens (tertiary/aromatic N) is 1. The Morgan fingerprint density at radius 1 is 1.45 bits per heavy atom. The van der Waals surface area contributed by atoms with Crippen molar-refractivity contribution in [3.8, 4) is 0 Å². The molecule has 1 amide bonds. The molecule has 1 fully saturated rings. The first-order valence-electron chi connectivity index (χ1n) is 7.74. The molecule has 5 heteroatoms. The Labute approximate surface area is 131 Å². The van der Waals surface area contributed by atoms with Crippen LogP contribution in [0.5, 0.6) is 0 Å². The molecule has 1 aromatic carbocycles. The van der Waals surface area contributed by atoms with Gasteiger partial charge in [-0.1, -0.05) is 12.1 Å². The van der Waals surface area contributed by atoms with Crippen molar-refractivity contribution in [1.29, 1.82) is 0 Å². The maximum Gasteiger partial charge on any atom is 0.309 e. The highest BCUT2D eigenvalue weighted by molar-refractivity contribution is 5.85. The SMILES string of the molecule is COC(=O)Cc1cccc(N[C@H]2CCCN(C(C)C)C2=O)c1. The minimum atomic E-state index is -0.267. The zero-order valence-electron chi connectivity index (χ0n) is 13.5. The quantitative estimate of drug-likeness (QED) is 0.847. The number of nitrogens with one attached hydrogen (secondary N) is 1. The van der Waals surface area contributed by atoms with Crippen LogP contribution in [0.2, 0.25) is 0 Å². The molecule has 2 rings (SSSR count). The molecule has 1 aliphatic heterocycles. The summed E-state index contributed by atoms with van der Waals surface area (Å²) in [6.07, 6.45) is 2.08. The van der Waals surface area contributed by atoms with Crippen molar-refractivity contribution in [2.75, 3.05) is 19.0 Å². The van der Waals surface area contributed by atoms with E-state index in [9.17, 15) is 9.59 Å². The number of ether oxygens (including phenoxy) is 1. The van der Waals surface area contributed by atoms with E-state index in [-0.39, 0.29) is 30.4 Å². The van der Waals surface area contributed by atoms with E-state index in [1.54, 1.807) is 0 Å². The van der Waals surface area contributed by atoms with Gasteiger partial charge in [-0.25, -0.2) is 0 Å². The highest BCUT2D eigenvalue weighted by Crippen LogP contribution is 2.20. The first-order chi connectivity index (χ1) is 10.5. The van der Waals surface area contributed by atoms with E-state index < -0.39 is 0 Å². The molecule has 1 saturated heterocycles. The summed E-state index contributed by atoms with van der Waals surface area (Å²) < 4.78 is 4.68. The number of rotatable bonds is 5. The van der Waals surface area contributed by atoms with Gasteiger partial charge in [0.1, 0.15) is 6.04 Å². The first kappa shape index (κ1) is 16.3. The van der Waals surface area contributed by atoms with Crippen LogP contribution in [-0.4, -0.2) is 42.5 Å². The van der Waals surface area contributed by atoms with Gasteiger partial charge in [0.25, 0.3) is 0 Å². The number of likely N-dealkylation sites (tertiary alicyclic amines) is 1. The van der Waals surface area contributed by atoms with Crippen molar-refractivity contribution >= 4 is 17.6 Å². The molecular formula is C17H24N2O3. The normalized spacial score (nSPS) is 18.5. The number of anilines is 1. The molecule has 0 saturated carbocycles. The van der Waals surface area contributed by atoms with E-state index in [1.807, 2.05) is 43.0 Å². The molecule has 0 bridgehead atoms. The van der Waals surface area contributed by atoms with Gasteiger partial charge in [-0.3, -0.25) is 9.59 Å². The number of benzene rings is 1. The Hall–Kier alpha value is -2.04. The van der Waals surface area contributed by atoms with Gasteiger partial charge in [0, 0.05) is 18.3 Å².